The maximum absolute atomic E-state index is 11.8. The second-order valence-corrected chi connectivity index (χ2v) is 4.48. The molecule has 1 aromatic carbocycles. The fraction of sp³-hybridized carbons (Fsp3) is 0.214. The summed E-state index contributed by atoms with van der Waals surface area (Å²) < 4.78 is 5.25. The lowest BCUT2D eigenvalue weighted by atomic mass is 10.2. The monoisotopic (exact) mass is 290 g/mol. The van der Waals surface area contributed by atoms with Crippen LogP contribution in [-0.4, -0.2) is 22.5 Å². The minimum atomic E-state index is -0.944. The van der Waals surface area contributed by atoms with Gasteiger partial charge in [0.25, 0.3) is 11.6 Å². The predicted molar refractivity (Wildman–Crippen MR) is 73.8 cm³/mol. The number of aliphatic hydroxyl groups excluding tert-OH is 1. The first-order valence-electron chi connectivity index (χ1n) is 6.24. The Balaban J connectivity index is 1.93. The van der Waals surface area contributed by atoms with Crippen molar-refractivity contribution in [2.24, 2.45) is 0 Å². The number of carbonyl (C=O) groups excluding carboxylic acids is 1. The summed E-state index contributed by atoms with van der Waals surface area (Å²) in [5.74, 6) is 0.620. The van der Waals surface area contributed by atoms with E-state index in [2.05, 4.69) is 5.32 Å². The van der Waals surface area contributed by atoms with Crippen LogP contribution in [0.5, 0.6) is 0 Å². The summed E-state index contributed by atoms with van der Waals surface area (Å²) in [6.07, 6.45) is -0.944. The molecule has 0 fully saturated rings. The molecule has 21 heavy (non-hydrogen) atoms. The average molecular weight is 290 g/mol. The zero-order valence-corrected chi connectivity index (χ0v) is 11.3. The number of hydrogen-bond acceptors (Lipinski definition) is 5. The number of aliphatic hydroxyl groups is 1. The standard InChI is InChI=1S/C14H14N2O5/c1-9-2-7-13(21-9)12(17)8-15-14(18)10-3-5-11(6-4-10)16(19)20/h2-7,12,17H,8H2,1H3,(H,15,18). The molecule has 0 aliphatic heterocycles. The van der Waals surface area contributed by atoms with E-state index in [-0.39, 0.29) is 17.8 Å². The maximum Gasteiger partial charge on any atom is 0.269 e. The largest absolute Gasteiger partial charge is 0.464 e. The second kappa shape index (κ2) is 6.19. The van der Waals surface area contributed by atoms with Crippen LogP contribution in [0.15, 0.2) is 40.8 Å². The van der Waals surface area contributed by atoms with Gasteiger partial charge in [-0.2, -0.15) is 0 Å². The highest BCUT2D eigenvalue weighted by atomic mass is 16.6. The van der Waals surface area contributed by atoms with Gasteiger partial charge in [-0.3, -0.25) is 14.9 Å². The second-order valence-electron chi connectivity index (χ2n) is 4.48. The van der Waals surface area contributed by atoms with Crippen molar-refractivity contribution in [3.8, 4) is 0 Å². The first-order chi connectivity index (χ1) is 9.97. The SMILES string of the molecule is Cc1ccc(C(O)CNC(=O)c2ccc([N+](=O)[O-])cc2)o1. The fourth-order valence-electron chi connectivity index (χ4n) is 1.76. The Bertz CT molecular complexity index is 648. The number of amides is 1. The Morgan fingerprint density at radius 2 is 2.00 bits per heavy atom. The van der Waals surface area contributed by atoms with E-state index in [1.54, 1.807) is 19.1 Å². The topological polar surface area (TPSA) is 106 Å². The molecule has 2 N–H and O–H groups in total. The van der Waals surface area contributed by atoms with Gasteiger partial charge in [0, 0.05) is 17.7 Å². The summed E-state index contributed by atoms with van der Waals surface area (Å²) in [6.45, 7) is 1.74. The molecule has 1 heterocycles. The minimum Gasteiger partial charge on any atom is -0.464 e. The van der Waals surface area contributed by atoms with Crippen LogP contribution in [0.4, 0.5) is 5.69 Å². The van der Waals surface area contributed by atoms with Crippen molar-refractivity contribution in [1.82, 2.24) is 5.32 Å². The number of nitrogens with zero attached hydrogens (tertiary/aromatic N) is 1. The van der Waals surface area contributed by atoms with Gasteiger partial charge in [-0.05, 0) is 31.2 Å². The van der Waals surface area contributed by atoms with Crippen LogP contribution >= 0.6 is 0 Å². The molecule has 0 saturated heterocycles. The molecule has 1 atom stereocenters. The Hall–Kier alpha value is -2.67. The van der Waals surface area contributed by atoms with Gasteiger partial charge in [0.2, 0.25) is 0 Å². The van der Waals surface area contributed by atoms with Crippen LogP contribution < -0.4 is 5.32 Å². The summed E-state index contributed by atoms with van der Waals surface area (Å²) in [6, 6.07) is 8.57. The number of carbonyl (C=O) groups is 1. The normalized spacial score (nSPS) is 11.9. The number of hydrogen-bond donors (Lipinski definition) is 2. The van der Waals surface area contributed by atoms with Crippen LogP contribution in [0.3, 0.4) is 0 Å². The van der Waals surface area contributed by atoms with E-state index in [0.29, 0.717) is 11.5 Å². The fourth-order valence-corrected chi connectivity index (χ4v) is 1.76. The van der Waals surface area contributed by atoms with E-state index in [1.807, 2.05) is 0 Å². The van der Waals surface area contributed by atoms with Gasteiger partial charge in [-0.15, -0.1) is 0 Å². The van der Waals surface area contributed by atoms with Crippen LogP contribution in [0, 0.1) is 17.0 Å². The van der Waals surface area contributed by atoms with Crippen molar-refractivity contribution in [2.45, 2.75) is 13.0 Å². The van der Waals surface area contributed by atoms with Crippen molar-refractivity contribution < 1.29 is 19.2 Å². The molecule has 0 aliphatic rings. The molecule has 0 radical (unpaired) electrons. The van der Waals surface area contributed by atoms with E-state index in [9.17, 15) is 20.0 Å². The van der Waals surface area contributed by atoms with E-state index >= 15 is 0 Å². The van der Waals surface area contributed by atoms with Gasteiger partial charge in [-0.25, -0.2) is 0 Å². The molecule has 1 aromatic heterocycles. The smallest absolute Gasteiger partial charge is 0.269 e. The van der Waals surface area contributed by atoms with Crippen molar-refractivity contribution >= 4 is 11.6 Å². The van der Waals surface area contributed by atoms with E-state index in [0.717, 1.165) is 0 Å². The van der Waals surface area contributed by atoms with Crippen LogP contribution in [0.2, 0.25) is 0 Å². The Labute approximate surface area is 120 Å². The zero-order chi connectivity index (χ0) is 15.4. The molecule has 1 amide bonds. The number of aryl methyl sites for hydroxylation is 1. The van der Waals surface area contributed by atoms with Crippen LogP contribution in [0.1, 0.15) is 28.0 Å². The number of nitro benzene ring substituents is 1. The quantitative estimate of drug-likeness (QED) is 0.646. The lowest BCUT2D eigenvalue weighted by molar-refractivity contribution is -0.384. The number of furan rings is 1. The molecule has 0 spiro atoms. The lowest BCUT2D eigenvalue weighted by Gasteiger charge is -2.09. The lowest BCUT2D eigenvalue weighted by Crippen LogP contribution is -2.28. The van der Waals surface area contributed by atoms with Gasteiger partial charge in [0.15, 0.2) is 0 Å². The molecule has 7 heteroatoms. The highest BCUT2D eigenvalue weighted by Gasteiger charge is 2.14. The van der Waals surface area contributed by atoms with Crippen molar-refractivity contribution in [1.29, 1.82) is 0 Å². The highest BCUT2D eigenvalue weighted by Crippen LogP contribution is 2.16. The molecule has 110 valence electrons. The van der Waals surface area contributed by atoms with Crippen LogP contribution in [-0.2, 0) is 0 Å². The summed E-state index contributed by atoms with van der Waals surface area (Å²) in [7, 11) is 0. The molecule has 7 nitrogen and oxygen atoms in total. The van der Waals surface area contributed by atoms with Crippen molar-refractivity contribution in [3.05, 3.63) is 63.6 Å². The Kier molecular flexibility index (Phi) is 4.34. The Morgan fingerprint density at radius 1 is 1.33 bits per heavy atom. The number of nitrogens with one attached hydrogen (secondary N) is 1. The number of non-ortho nitro benzene ring substituents is 1. The third-order valence-electron chi connectivity index (χ3n) is 2.89. The third kappa shape index (κ3) is 3.67. The van der Waals surface area contributed by atoms with Gasteiger partial charge < -0.3 is 14.8 Å². The predicted octanol–water partition coefficient (Wildman–Crippen LogP) is 1.96. The molecule has 0 bridgehead atoms. The Morgan fingerprint density at radius 3 is 2.52 bits per heavy atom. The first-order valence-corrected chi connectivity index (χ1v) is 6.24. The number of nitro groups is 1. The molecule has 2 aromatic rings. The molecule has 1 unspecified atom stereocenters. The molecule has 2 rings (SSSR count). The summed E-state index contributed by atoms with van der Waals surface area (Å²) in [5, 5.41) is 22.9. The summed E-state index contributed by atoms with van der Waals surface area (Å²) >= 11 is 0. The number of benzene rings is 1. The zero-order valence-electron chi connectivity index (χ0n) is 11.3. The maximum atomic E-state index is 11.8. The van der Waals surface area contributed by atoms with Gasteiger partial charge in [-0.1, -0.05) is 0 Å². The minimum absolute atomic E-state index is 0.0111. The first kappa shape index (κ1) is 14.7. The van der Waals surface area contributed by atoms with Crippen molar-refractivity contribution in [2.75, 3.05) is 6.54 Å². The molecule has 0 saturated carbocycles. The average Bonchev–Trinajstić information content (AvgIpc) is 2.91. The number of rotatable bonds is 5. The van der Waals surface area contributed by atoms with E-state index < -0.39 is 16.9 Å². The molecular weight excluding hydrogens is 276 g/mol. The van der Waals surface area contributed by atoms with Crippen LogP contribution in [0.25, 0.3) is 0 Å². The highest BCUT2D eigenvalue weighted by molar-refractivity contribution is 5.94. The van der Waals surface area contributed by atoms with E-state index in [1.165, 1.54) is 24.3 Å². The van der Waals surface area contributed by atoms with Gasteiger partial charge in [0.1, 0.15) is 17.6 Å². The summed E-state index contributed by atoms with van der Waals surface area (Å²) in [5.41, 5.74) is 0.195. The third-order valence-corrected chi connectivity index (χ3v) is 2.89. The van der Waals surface area contributed by atoms with Gasteiger partial charge >= 0.3 is 0 Å². The van der Waals surface area contributed by atoms with Gasteiger partial charge in [0.05, 0.1) is 11.5 Å². The summed E-state index contributed by atoms with van der Waals surface area (Å²) in [4.78, 5) is 21.8. The molecule has 0 aliphatic carbocycles. The molecular formula is C14H14N2O5. The van der Waals surface area contributed by atoms with Crippen molar-refractivity contribution in [3.63, 3.8) is 0 Å². The van der Waals surface area contributed by atoms with E-state index in [4.69, 9.17) is 4.42 Å².